The van der Waals surface area contributed by atoms with E-state index in [9.17, 15) is 4.79 Å². The third kappa shape index (κ3) is 1.65. The molecule has 0 aromatic heterocycles. The summed E-state index contributed by atoms with van der Waals surface area (Å²) in [7, 11) is 0. The maximum Gasteiger partial charge on any atom is 0.298 e. The van der Waals surface area contributed by atoms with E-state index in [1.165, 1.54) is 0 Å². The Hall–Kier alpha value is -2.29. The van der Waals surface area contributed by atoms with E-state index in [4.69, 9.17) is 9.47 Å². The number of rotatable bonds is 2. The summed E-state index contributed by atoms with van der Waals surface area (Å²) in [6.45, 7) is 0.441. The highest BCUT2D eigenvalue weighted by Gasteiger charge is 2.19. The third-order valence-electron chi connectivity index (χ3n) is 2.82. The molecule has 3 nitrogen and oxygen atoms in total. The van der Waals surface area contributed by atoms with E-state index in [1.807, 2.05) is 36.4 Å². The van der Waals surface area contributed by atoms with E-state index < -0.39 is 0 Å². The van der Waals surface area contributed by atoms with Crippen molar-refractivity contribution in [3.05, 3.63) is 53.6 Å². The van der Waals surface area contributed by atoms with Crippen LogP contribution in [0, 0.1) is 0 Å². The minimum atomic E-state index is 0.441. The van der Waals surface area contributed by atoms with Crippen molar-refractivity contribution in [1.82, 2.24) is 0 Å². The summed E-state index contributed by atoms with van der Waals surface area (Å²) in [6, 6.07) is 13.3. The zero-order valence-corrected chi connectivity index (χ0v) is 9.05. The van der Waals surface area contributed by atoms with Crippen LogP contribution in [-0.4, -0.2) is 6.47 Å². The molecule has 3 heteroatoms. The van der Waals surface area contributed by atoms with Gasteiger partial charge in [0.15, 0.2) is 0 Å². The molecular weight excluding hydrogens is 216 g/mol. The first-order valence-corrected chi connectivity index (χ1v) is 5.36. The van der Waals surface area contributed by atoms with Crippen molar-refractivity contribution in [2.24, 2.45) is 0 Å². The summed E-state index contributed by atoms with van der Waals surface area (Å²) < 4.78 is 10.7. The standard InChI is InChI=1S/C14H10O3/c15-9-16-13-6-3-7-14-11(13)8-10-4-1-2-5-12(10)17-14/h1-7,9H,8H2. The smallest absolute Gasteiger partial charge is 0.298 e. The van der Waals surface area contributed by atoms with Gasteiger partial charge in [0, 0.05) is 12.0 Å². The monoisotopic (exact) mass is 226 g/mol. The minimum absolute atomic E-state index is 0.441. The Balaban J connectivity index is 2.08. The number of carbonyl (C=O) groups is 1. The Labute approximate surface area is 98.6 Å². The number of hydrogen-bond donors (Lipinski definition) is 0. The van der Waals surface area contributed by atoms with Crippen molar-refractivity contribution < 1.29 is 14.3 Å². The first-order chi connectivity index (χ1) is 8.38. The lowest BCUT2D eigenvalue weighted by molar-refractivity contribution is -0.120. The summed E-state index contributed by atoms with van der Waals surface area (Å²) >= 11 is 0. The van der Waals surface area contributed by atoms with E-state index in [0.29, 0.717) is 12.2 Å². The first-order valence-electron chi connectivity index (χ1n) is 5.36. The van der Waals surface area contributed by atoms with Crippen LogP contribution in [-0.2, 0) is 11.2 Å². The van der Waals surface area contributed by atoms with Crippen LogP contribution in [0.3, 0.4) is 0 Å². The Morgan fingerprint density at radius 2 is 1.88 bits per heavy atom. The molecule has 0 unspecified atom stereocenters. The molecule has 0 bridgehead atoms. The molecule has 17 heavy (non-hydrogen) atoms. The zero-order chi connectivity index (χ0) is 11.7. The van der Waals surface area contributed by atoms with Crippen molar-refractivity contribution in [1.29, 1.82) is 0 Å². The molecule has 0 atom stereocenters. The van der Waals surface area contributed by atoms with Gasteiger partial charge in [-0.3, -0.25) is 4.79 Å². The van der Waals surface area contributed by atoms with E-state index in [1.54, 1.807) is 6.07 Å². The Bertz CT molecular complexity index is 575. The molecule has 3 rings (SSSR count). The fourth-order valence-corrected chi connectivity index (χ4v) is 2.04. The number of hydrogen-bond acceptors (Lipinski definition) is 3. The second kappa shape index (κ2) is 3.94. The molecule has 0 saturated heterocycles. The summed E-state index contributed by atoms with van der Waals surface area (Å²) in [6.07, 6.45) is 0.718. The fourth-order valence-electron chi connectivity index (χ4n) is 2.04. The molecule has 1 aliphatic heterocycles. The van der Waals surface area contributed by atoms with E-state index >= 15 is 0 Å². The fraction of sp³-hybridized carbons (Fsp3) is 0.0714. The van der Waals surface area contributed by atoms with Gasteiger partial charge in [-0.05, 0) is 23.8 Å². The molecule has 0 radical (unpaired) electrons. The van der Waals surface area contributed by atoms with Gasteiger partial charge in [-0.15, -0.1) is 0 Å². The van der Waals surface area contributed by atoms with Crippen LogP contribution >= 0.6 is 0 Å². The Morgan fingerprint density at radius 3 is 2.76 bits per heavy atom. The van der Waals surface area contributed by atoms with Crippen molar-refractivity contribution in [2.75, 3.05) is 0 Å². The van der Waals surface area contributed by atoms with Gasteiger partial charge in [0.1, 0.15) is 17.2 Å². The van der Waals surface area contributed by atoms with Crippen LogP contribution in [0.1, 0.15) is 11.1 Å². The summed E-state index contributed by atoms with van der Waals surface area (Å²) in [5.41, 5.74) is 2.01. The highest BCUT2D eigenvalue weighted by atomic mass is 16.5. The van der Waals surface area contributed by atoms with E-state index in [0.717, 1.165) is 29.0 Å². The number of ether oxygens (including phenoxy) is 2. The topological polar surface area (TPSA) is 35.5 Å². The average Bonchev–Trinajstić information content (AvgIpc) is 2.37. The maximum absolute atomic E-state index is 10.4. The van der Waals surface area contributed by atoms with Gasteiger partial charge in [-0.25, -0.2) is 0 Å². The summed E-state index contributed by atoms with van der Waals surface area (Å²) in [5.74, 6) is 2.18. The largest absolute Gasteiger partial charge is 0.457 e. The second-order valence-electron chi connectivity index (χ2n) is 3.83. The van der Waals surface area contributed by atoms with Crippen LogP contribution in [0.4, 0.5) is 0 Å². The predicted octanol–water partition coefficient (Wildman–Crippen LogP) is 2.92. The minimum Gasteiger partial charge on any atom is -0.457 e. The molecule has 1 heterocycles. The van der Waals surface area contributed by atoms with Crippen molar-refractivity contribution in [3.63, 3.8) is 0 Å². The molecule has 2 aromatic rings. The van der Waals surface area contributed by atoms with Crippen molar-refractivity contribution in [2.45, 2.75) is 6.42 Å². The van der Waals surface area contributed by atoms with Crippen LogP contribution in [0.2, 0.25) is 0 Å². The van der Waals surface area contributed by atoms with Gasteiger partial charge < -0.3 is 9.47 Å². The van der Waals surface area contributed by atoms with Crippen molar-refractivity contribution >= 4 is 6.47 Å². The molecule has 0 spiro atoms. The Morgan fingerprint density at radius 1 is 1.06 bits per heavy atom. The first kappa shape index (κ1) is 9.90. The second-order valence-corrected chi connectivity index (χ2v) is 3.83. The van der Waals surface area contributed by atoms with Gasteiger partial charge in [0.25, 0.3) is 6.47 Å². The van der Waals surface area contributed by atoms with Gasteiger partial charge >= 0.3 is 0 Å². The zero-order valence-electron chi connectivity index (χ0n) is 9.05. The predicted molar refractivity (Wildman–Crippen MR) is 62.5 cm³/mol. The molecule has 2 aromatic carbocycles. The number of benzene rings is 2. The van der Waals surface area contributed by atoms with Gasteiger partial charge in [-0.1, -0.05) is 24.3 Å². The highest BCUT2D eigenvalue weighted by Crippen LogP contribution is 2.40. The average molecular weight is 226 g/mol. The van der Waals surface area contributed by atoms with E-state index in [-0.39, 0.29) is 0 Å². The Kier molecular flexibility index (Phi) is 2.29. The SMILES string of the molecule is O=COc1cccc2c1Cc1ccccc1O2. The van der Waals surface area contributed by atoms with Gasteiger partial charge in [0.2, 0.25) is 0 Å². The molecule has 0 saturated carbocycles. The van der Waals surface area contributed by atoms with Gasteiger partial charge in [0.05, 0.1) is 0 Å². The lowest BCUT2D eigenvalue weighted by Crippen LogP contribution is -2.05. The van der Waals surface area contributed by atoms with Crippen molar-refractivity contribution in [3.8, 4) is 17.2 Å². The summed E-state index contributed by atoms with van der Waals surface area (Å²) in [4.78, 5) is 10.4. The lowest BCUT2D eigenvalue weighted by atomic mass is 10.00. The van der Waals surface area contributed by atoms with E-state index in [2.05, 4.69) is 0 Å². The number of carbonyl (C=O) groups excluding carboxylic acids is 1. The maximum atomic E-state index is 10.4. The lowest BCUT2D eigenvalue weighted by Gasteiger charge is -2.21. The number of para-hydroxylation sites is 1. The number of fused-ring (bicyclic) bond motifs is 2. The molecular formula is C14H10O3. The van der Waals surface area contributed by atoms with Crippen LogP contribution in [0.15, 0.2) is 42.5 Å². The molecule has 0 N–H and O–H groups in total. The van der Waals surface area contributed by atoms with Crippen LogP contribution in [0.5, 0.6) is 17.2 Å². The molecule has 0 fully saturated rings. The molecule has 1 aliphatic rings. The van der Waals surface area contributed by atoms with Crippen LogP contribution in [0.25, 0.3) is 0 Å². The molecule has 0 amide bonds. The molecule has 84 valence electrons. The summed E-state index contributed by atoms with van der Waals surface area (Å²) in [5, 5.41) is 0. The quantitative estimate of drug-likeness (QED) is 0.630. The van der Waals surface area contributed by atoms with Gasteiger partial charge in [-0.2, -0.15) is 0 Å². The molecule has 0 aliphatic carbocycles. The highest BCUT2D eigenvalue weighted by molar-refractivity contribution is 5.57. The normalized spacial score (nSPS) is 12.0. The third-order valence-corrected chi connectivity index (χ3v) is 2.82. The van der Waals surface area contributed by atoms with Crippen LogP contribution < -0.4 is 9.47 Å².